The van der Waals surface area contributed by atoms with Crippen LogP contribution >= 0.6 is 15.9 Å². The zero-order chi connectivity index (χ0) is 15.7. The number of fused-ring (bicyclic) bond motifs is 1. The lowest BCUT2D eigenvalue weighted by atomic mass is 9.72. The van der Waals surface area contributed by atoms with Crippen LogP contribution in [0.5, 0.6) is 0 Å². The molecule has 3 saturated heterocycles. The molecule has 2 bridgehead atoms. The molecular formula is C16H19BrN2O3. The van der Waals surface area contributed by atoms with Gasteiger partial charge in [-0.15, -0.1) is 0 Å². The topological polar surface area (TPSA) is 55.6 Å². The number of alkyl halides is 1. The maximum atomic E-state index is 11.6. The van der Waals surface area contributed by atoms with E-state index in [4.69, 9.17) is 4.74 Å². The molecule has 0 amide bonds. The maximum Gasteiger partial charge on any atom is 0.329 e. The molecule has 5 nitrogen and oxygen atoms in total. The van der Waals surface area contributed by atoms with Crippen molar-refractivity contribution in [2.24, 2.45) is 11.8 Å². The summed E-state index contributed by atoms with van der Waals surface area (Å²) in [6.45, 7) is 5.59. The summed E-state index contributed by atoms with van der Waals surface area (Å²) in [5.74, 6) is 0.129. The lowest BCUT2D eigenvalue weighted by molar-refractivity contribution is -0.629. The van der Waals surface area contributed by atoms with Gasteiger partial charge in [0.1, 0.15) is 5.60 Å². The van der Waals surface area contributed by atoms with E-state index in [1.54, 1.807) is 0 Å². The van der Waals surface area contributed by atoms with E-state index in [1.165, 1.54) is 11.3 Å². The quantitative estimate of drug-likeness (QED) is 0.458. The van der Waals surface area contributed by atoms with Gasteiger partial charge in [0, 0.05) is 24.7 Å². The van der Waals surface area contributed by atoms with Crippen molar-refractivity contribution in [1.29, 1.82) is 0 Å². The Kier molecular flexibility index (Phi) is 2.92. The highest BCUT2D eigenvalue weighted by Gasteiger charge is 2.78. The fourth-order valence-corrected chi connectivity index (χ4v) is 5.62. The van der Waals surface area contributed by atoms with E-state index >= 15 is 0 Å². The second-order valence-corrected chi connectivity index (χ2v) is 8.05. The summed E-state index contributed by atoms with van der Waals surface area (Å²) in [5.41, 5.74) is 0.774. The van der Waals surface area contributed by atoms with Crippen molar-refractivity contribution in [2.45, 2.75) is 36.4 Å². The number of nitro groups is 1. The molecule has 0 radical (unpaired) electrons. The van der Waals surface area contributed by atoms with Gasteiger partial charge in [0.15, 0.2) is 0 Å². The second kappa shape index (κ2) is 4.45. The van der Waals surface area contributed by atoms with Crippen LogP contribution in [0.1, 0.15) is 18.9 Å². The van der Waals surface area contributed by atoms with E-state index in [2.05, 4.69) is 52.0 Å². The smallest absolute Gasteiger partial charge is 0.329 e. The van der Waals surface area contributed by atoms with Crippen LogP contribution < -0.4 is 4.90 Å². The van der Waals surface area contributed by atoms with Crippen LogP contribution in [-0.2, 0) is 4.74 Å². The molecule has 3 aliphatic heterocycles. The standard InChI is InChI=1S/C16H19BrN2O3/c1-10-3-5-12(6-4-10)18-8-13-11(2)16(19(20)21)7-14(17)15(13,9-18)22-16/h3-6,11,13-14H,7-9H2,1-2H3. The molecule has 3 aliphatic rings. The molecule has 4 rings (SSSR count). The van der Waals surface area contributed by atoms with Crippen molar-refractivity contribution in [3.8, 4) is 0 Å². The SMILES string of the molecule is Cc1ccc(N2CC3C(C)C4([N+](=O)[O-])CC(Br)C3(C2)O4)cc1. The number of nitrogens with zero attached hydrogens (tertiary/aromatic N) is 2. The van der Waals surface area contributed by atoms with Crippen molar-refractivity contribution in [3.63, 3.8) is 0 Å². The Morgan fingerprint density at radius 2 is 2.09 bits per heavy atom. The van der Waals surface area contributed by atoms with Crippen LogP contribution in [0.2, 0.25) is 0 Å². The van der Waals surface area contributed by atoms with Gasteiger partial charge in [0.05, 0.1) is 22.1 Å². The molecule has 5 atom stereocenters. The molecule has 6 heteroatoms. The monoisotopic (exact) mass is 366 g/mol. The number of ether oxygens (including phenoxy) is 1. The van der Waals surface area contributed by atoms with Crippen LogP contribution in [0.4, 0.5) is 5.69 Å². The third-order valence-corrected chi connectivity index (χ3v) is 6.97. The third-order valence-electron chi connectivity index (χ3n) is 5.87. The van der Waals surface area contributed by atoms with Gasteiger partial charge in [0.25, 0.3) is 0 Å². The van der Waals surface area contributed by atoms with Crippen LogP contribution in [0.15, 0.2) is 24.3 Å². The Morgan fingerprint density at radius 3 is 2.68 bits per heavy atom. The predicted molar refractivity (Wildman–Crippen MR) is 86.9 cm³/mol. The zero-order valence-electron chi connectivity index (χ0n) is 12.7. The van der Waals surface area contributed by atoms with E-state index in [1.807, 2.05) is 6.92 Å². The molecule has 0 saturated carbocycles. The Hall–Kier alpha value is -1.14. The van der Waals surface area contributed by atoms with Gasteiger partial charge < -0.3 is 9.64 Å². The highest BCUT2D eigenvalue weighted by molar-refractivity contribution is 9.09. The maximum absolute atomic E-state index is 11.6. The zero-order valence-corrected chi connectivity index (χ0v) is 14.2. The first kappa shape index (κ1) is 14.5. The molecule has 5 unspecified atom stereocenters. The van der Waals surface area contributed by atoms with Crippen molar-refractivity contribution >= 4 is 21.6 Å². The van der Waals surface area contributed by atoms with Crippen LogP contribution in [0.25, 0.3) is 0 Å². The lowest BCUT2D eigenvalue weighted by Crippen LogP contribution is -2.48. The summed E-state index contributed by atoms with van der Waals surface area (Å²) in [4.78, 5) is 13.8. The number of benzene rings is 1. The fourth-order valence-electron chi connectivity index (χ4n) is 4.58. The number of hydrogen-bond donors (Lipinski definition) is 0. The van der Waals surface area contributed by atoms with Gasteiger partial charge in [-0.2, -0.15) is 0 Å². The molecule has 0 N–H and O–H groups in total. The van der Waals surface area contributed by atoms with Crippen molar-refractivity contribution in [2.75, 3.05) is 18.0 Å². The Bertz CT molecular complexity index is 637. The third kappa shape index (κ3) is 1.62. The summed E-state index contributed by atoms with van der Waals surface area (Å²) in [5, 5.41) is 11.6. The Labute approximate surface area is 137 Å². The molecule has 0 aromatic heterocycles. The van der Waals surface area contributed by atoms with E-state index in [0.29, 0.717) is 6.42 Å². The van der Waals surface area contributed by atoms with E-state index in [-0.39, 0.29) is 21.6 Å². The molecule has 1 aromatic rings. The molecule has 118 valence electrons. The average Bonchev–Trinajstić information content (AvgIpc) is 3.06. The average molecular weight is 367 g/mol. The minimum absolute atomic E-state index is 0.0436. The minimum atomic E-state index is -1.20. The van der Waals surface area contributed by atoms with Crippen molar-refractivity contribution in [1.82, 2.24) is 0 Å². The highest BCUT2D eigenvalue weighted by atomic mass is 79.9. The normalized spacial score (nSPS) is 42.7. The number of hydrogen-bond acceptors (Lipinski definition) is 4. The molecule has 1 aromatic carbocycles. The molecule has 3 fully saturated rings. The van der Waals surface area contributed by atoms with Crippen LogP contribution in [0, 0.1) is 28.9 Å². The van der Waals surface area contributed by atoms with Gasteiger partial charge in [0.2, 0.25) is 0 Å². The first-order valence-corrected chi connectivity index (χ1v) is 8.61. The predicted octanol–water partition coefficient (Wildman–Crippen LogP) is 2.98. The molecule has 0 aliphatic carbocycles. The van der Waals surface area contributed by atoms with Gasteiger partial charge >= 0.3 is 5.72 Å². The number of anilines is 1. The van der Waals surface area contributed by atoms with E-state index in [0.717, 1.165) is 13.1 Å². The number of halogens is 1. The fraction of sp³-hybridized carbons (Fsp3) is 0.625. The molecule has 3 heterocycles. The molecular weight excluding hydrogens is 348 g/mol. The van der Waals surface area contributed by atoms with Gasteiger partial charge in [-0.25, -0.2) is 0 Å². The van der Waals surface area contributed by atoms with Gasteiger partial charge in [-0.3, -0.25) is 10.1 Å². The van der Waals surface area contributed by atoms with Gasteiger partial charge in [-0.05, 0) is 19.1 Å². The number of rotatable bonds is 2. The van der Waals surface area contributed by atoms with E-state index < -0.39 is 11.3 Å². The number of aryl methyl sites for hydroxylation is 1. The van der Waals surface area contributed by atoms with Crippen molar-refractivity contribution < 1.29 is 9.66 Å². The summed E-state index contributed by atoms with van der Waals surface area (Å²) in [7, 11) is 0. The van der Waals surface area contributed by atoms with E-state index in [9.17, 15) is 10.1 Å². The summed E-state index contributed by atoms with van der Waals surface area (Å²) in [6, 6.07) is 8.45. The molecule has 1 spiro atoms. The summed E-state index contributed by atoms with van der Waals surface area (Å²) < 4.78 is 6.15. The first-order valence-electron chi connectivity index (χ1n) is 7.69. The van der Waals surface area contributed by atoms with Crippen molar-refractivity contribution in [3.05, 3.63) is 39.9 Å². The highest BCUT2D eigenvalue weighted by Crippen LogP contribution is 2.62. The first-order chi connectivity index (χ1) is 10.4. The second-order valence-electron chi connectivity index (χ2n) is 6.94. The summed E-state index contributed by atoms with van der Waals surface area (Å²) >= 11 is 3.68. The lowest BCUT2D eigenvalue weighted by Gasteiger charge is -2.31. The summed E-state index contributed by atoms with van der Waals surface area (Å²) in [6.07, 6.45) is 0.458. The Morgan fingerprint density at radius 1 is 1.41 bits per heavy atom. The van der Waals surface area contributed by atoms with Gasteiger partial charge in [-0.1, -0.05) is 40.5 Å². The minimum Gasteiger partial charge on any atom is -0.368 e. The van der Waals surface area contributed by atoms with Crippen LogP contribution in [-0.4, -0.2) is 34.2 Å². The largest absolute Gasteiger partial charge is 0.368 e. The molecule has 22 heavy (non-hydrogen) atoms. The Balaban J connectivity index is 1.68. The van der Waals surface area contributed by atoms with Crippen LogP contribution in [0.3, 0.4) is 0 Å².